The van der Waals surface area contributed by atoms with E-state index in [0.29, 0.717) is 16.9 Å². The topological polar surface area (TPSA) is 155 Å². The van der Waals surface area contributed by atoms with Crippen molar-refractivity contribution in [3.8, 4) is 23.3 Å². The summed E-state index contributed by atoms with van der Waals surface area (Å²) in [5, 5.41) is 21.9. The highest BCUT2D eigenvalue weighted by Crippen LogP contribution is 2.46. The molecule has 6 rings (SSSR count). The summed E-state index contributed by atoms with van der Waals surface area (Å²) in [5.41, 5.74) is 5.79. The van der Waals surface area contributed by atoms with Crippen LogP contribution in [0.3, 0.4) is 0 Å². The molecule has 40 heavy (non-hydrogen) atoms. The molecule has 4 N–H and O–H groups in total. The van der Waals surface area contributed by atoms with Gasteiger partial charge in [0.1, 0.15) is 57.6 Å². The number of amides is 1. The second-order valence-electron chi connectivity index (χ2n) is 9.38. The zero-order valence-electron chi connectivity index (χ0n) is 20.6. The molecule has 0 aliphatic carbocycles. The predicted octanol–water partition coefficient (Wildman–Crippen LogP) is 3.61. The molecule has 10 nitrogen and oxygen atoms in total. The highest BCUT2D eigenvalue weighted by Gasteiger charge is 2.48. The van der Waals surface area contributed by atoms with E-state index < -0.39 is 40.1 Å². The van der Waals surface area contributed by atoms with E-state index in [9.17, 15) is 23.1 Å². The number of hydrogen-bond donors (Lipinski definition) is 3. The average molecular weight is 542 g/mol. The standard InChI is InChI=1S/C27H17F3N8O2/c1-27(13-7-17(30)16(10-31)20(39)8-13)21-22(32)35-23(36-24(21)37-26(27)40)19-11-38-3-2-33-25(38)18(34-19)6-12-4-14(28)9-15(29)5-12/h2-5,7-9,11,39H,6H2,1H3,(H3,32,35,36,37,40)/t27-/m0/s1. The van der Waals surface area contributed by atoms with Crippen molar-refractivity contribution in [2.75, 3.05) is 11.1 Å². The Balaban J connectivity index is 1.46. The number of nitrogens with zero attached hydrogens (tertiary/aromatic N) is 6. The number of aromatic nitrogens is 5. The number of anilines is 2. The second-order valence-corrected chi connectivity index (χ2v) is 9.38. The molecule has 5 aromatic rings. The number of benzene rings is 2. The number of halogens is 3. The number of nitriles is 1. The van der Waals surface area contributed by atoms with Crippen molar-refractivity contribution in [2.45, 2.75) is 18.8 Å². The largest absolute Gasteiger partial charge is 0.506 e. The van der Waals surface area contributed by atoms with Gasteiger partial charge in [-0.05, 0) is 42.3 Å². The Labute approximate surface area is 223 Å². The number of rotatable bonds is 4. The molecule has 0 saturated heterocycles. The molecule has 3 aromatic heterocycles. The van der Waals surface area contributed by atoms with E-state index in [1.54, 1.807) is 22.9 Å². The third kappa shape index (κ3) is 3.77. The third-order valence-electron chi connectivity index (χ3n) is 6.85. The molecule has 0 fully saturated rings. The maximum absolute atomic E-state index is 14.5. The molecule has 198 valence electrons. The van der Waals surface area contributed by atoms with E-state index >= 15 is 0 Å². The number of carbonyl (C=O) groups excluding carboxylic acids is 1. The Morgan fingerprint density at radius 3 is 2.58 bits per heavy atom. The van der Waals surface area contributed by atoms with Crippen LogP contribution in [-0.2, 0) is 16.6 Å². The fourth-order valence-corrected chi connectivity index (χ4v) is 4.92. The fraction of sp³-hybridized carbons (Fsp3) is 0.111. The lowest BCUT2D eigenvalue weighted by Crippen LogP contribution is -2.33. The monoisotopic (exact) mass is 542 g/mol. The number of phenols is 1. The van der Waals surface area contributed by atoms with Gasteiger partial charge in [-0.25, -0.2) is 33.1 Å². The quantitative estimate of drug-likeness (QED) is 0.311. The van der Waals surface area contributed by atoms with Gasteiger partial charge in [-0.1, -0.05) is 0 Å². The Morgan fingerprint density at radius 1 is 1.12 bits per heavy atom. The number of imidazole rings is 1. The van der Waals surface area contributed by atoms with Crippen LogP contribution in [0.4, 0.5) is 24.8 Å². The number of nitrogen functional groups attached to an aromatic ring is 1. The van der Waals surface area contributed by atoms with Crippen LogP contribution in [-0.4, -0.2) is 35.4 Å². The van der Waals surface area contributed by atoms with Crippen molar-refractivity contribution >= 4 is 23.2 Å². The van der Waals surface area contributed by atoms with Crippen LogP contribution in [0.5, 0.6) is 5.75 Å². The van der Waals surface area contributed by atoms with Gasteiger partial charge in [-0.3, -0.25) is 4.79 Å². The molecule has 0 bridgehead atoms. The molecule has 1 atom stereocenters. The molecular formula is C27H17F3N8O2. The van der Waals surface area contributed by atoms with Gasteiger partial charge in [0, 0.05) is 31.1 Å². The van der Waals surface area contributed by atoms with Crippen LogP contribution in [0.1, 0.15) is 34.9 Å². The summed E-state index contributed by atoms with van der Waals surface area (Å²) < 4.78 is 43.8. The summed E-state index contributed by atoms with van der Waals surface area (Å²) in [5.74, 6) is -3.69. The first-order chi connectivity index (χ1) is 19.1. The Kier molecular flexibility index (Phi) is 5.44. The van der Waals surface area contributed by atoms with Gasteiger partial charge in [0.15, 0.2) is 11.5 Å². The van der Waals surface area contributed by atoms with Crippen molar-refractivity contribution in [3.05, 3.63) is 94.3 Å². The summed E-state index contributed by atoms with van der Waals surface area (Å²) in [4.78, 5) is 30.9. The Bertz CT molecular complexity index is 1890. The molecule has 2 aromatic carbocycles. The van der Waals surface area contributed by atoms with Crippen LogP contribution in [0.2, 0.25) is 0 Å². The van der Waals surface area contributed by atoms with Gasteiger partial charge < -0.3 is 20.6 Å². The summed E-state index contributed by atoms with van der Waals surface area (Å²) in [6.45, 7) is 1.47. The molecular weight excluding hydrogens is 525 g/mol. The number of fused-ring (bicyclic) bond motifs is 2. The van der Waals surface area contributed by atoms with Crippen molar-refractivity contribution < 1.29 is 23.1 Å². The lowest BCUT2D eigenvalue weighted by molar-refractivity contribution is -0.119. The van der Waals surface area contributed by atoms with E-state index in [2.05, 4.69) is 25.3 Å². The summed E-state index contributed by atoms with van der Waals surface area (Å²) in [6, 6.07) is 6.84. The lowest BCUT2D eigenvalue weighted by atomic mass is 9.77. The van der Waals surface area contributed by atoms with E-state index in [0.717, 1.165) is 18.2 Å². The summed E-state index contributed by atoms with van der Waals surface area (Å²) in [6.07, 6.45) is 4.82. The first-order valence-electron chi connectivity index (χ1n) is 11.8. The number of nitrogens with one attached hydrogen (secondary N) is 1. The van der Waals surface area contributed by atoms with Crippen molar-refractivity contribution in [2.24, 2.45) is 0 Å². The molecule has 1 aliphatic rings. The predicted molar refractivity (Wildman–Crippen MR) is 135 cm³/mol. The van der Waals surface area contributed by atoms with Crippen molar-refractivity contribution in [3.63, 3.8) is 0 Å². The van der Waals surface area contributed by atoms with E-state index in [-0.39, 0.29) is 40.7 Å². The third-order valence-corrected chi connectivity index (χ3v) is 6.85. The SMILES string of the molecule is C[C@@]1(c2cc(O)c(C#N)c(F)c2)C(=O)Nc2nc(-c3cn4ccnc4c(Cc4cc(F)cc(F)c4)n3)nc(N)c21. The lowest BCUT2D eigenvalue weighted by Gasteiger charge is -2.24. The van der Waals surface area contributed by atoms with Gasteiger partial charge in [0.25, 0.3) is 0 Å². The zero-order chi connectivity index (χ0) is 28.3. The van der Waals surface area contributed by atoms with Crippen LogP contribution in [0.15, 0.2) is 48.9 Å². The first-order valence-corrected chi connectivity index (χ1v) is 11.8. The normalized spacial score (nSPS) is 16.1. The van der Waals surface area contributed by atoms with E-state index in [1.807, 2.05) is 0 Å². The number of phenolic OH excluding ortho intramolecular Hbond substituents is 1. The number of nitrogens with two attached hydrogens (primary N) is 1. The molecule has 4 heterocycles. The molecule has 0 radical (unpaired) electrons. The Morgan fingerprint density at radius 2 is 1.88 bits per heavy atom. The number of aromatic hydroxyl groups is 1. The first kappa shape index (κ1) is 24.8. The average Bonchev–Trinajstić information content (AvgIpc) is 3.46. The van der Waals surface area contributed by atoms with Gasteiger partial charge >= 0.3 is 0 Å². The fourth-order valence-electron chi connectivity index (χ4n) is 4.92. The van der Waals surface area contributed by atoms with Crippen molar-refractivity contribution in [1.82, 2.24) is 24.3 Å². The van der Waals surface area contributed by atoms with Crippen LogP contribution >= 0.6 is 0 Å². The second kappa shape index (κ2) is 8.77. The summed E-state index contributed by atoms with van der Waals surface area (Å²) >= 11 is 0. The van der Waals surface area contributed by atoms with Gasteiger partial charge in [-0.2, -0.15) is 5.26 Å². The molecule has 0 saturated carbocycles. The molecule has 13 heteroatoms. The van der Waals surface area contributed by atoms with Crippen LogP contribution in [0.25, 0.3) is 17.2 Å². The maximum Gasteiger partial charge on any atom is 0.240 e. The van der Waals surface area contributed by atoms with Crippen LogP contribution in [0, 0.1) is 28.8 Å². The van der Waals surface area contributed by atoms with Gasteiger partial charge in [-0.15, -0.1) is 0 Å². The molecule has 1 amide bonds. The molecule has 1 aliphatic heterocycles. The Hall–Kier alpha value is -5.51. The molecule has 0 unspecified atom stereocenters. The minimum Gasteiger partial charge on any atom is -0.506 e. The smallest absolute Gasteiger partial charge is 0.240 e. The zero-order valence-corrected chi connectivity index (χ0v) is 20.6. The molecule has 0 spiro atoms. The highest BCUT2D eigenvalue weighted by molar-refractivity contribution is 6.09. The minimum absolute atomic E-state index is 0.0388. The van der Waals surface area contributed by atoms with Crippen molar-refractivity contribution in [1.29, 1.82) is 5.26 Å². The summed E-state index contributed by atoms with van der Waals surface area (Å²) in [7, 11) is 0. The maximum atomic E-state index is 14.5. The van der Waals surface area contributed by atoms with E-state index in [4.69, 9.17) is 11.0 Å². The van der Waals surface area contributed by atoms with Gasteiger partial charge in [0.05, 0.1) is 11.3 Å². The highest BCUT2D eigenvalue weighted by atomic mass is 19.1. The van der Waals surface area contributed by atoms with E-state index in [1.165, 1.54) is 25.3 Å². The number of carbonyl (C=O) groups is 1. The van der Waals surface area contributed by atoms with Gasteiger partial charge in [0.2, 0.25) is 5.91 Å². The minimum atomic E-state index is -1.58. The number of hydrogen-bond acceptors (Lipinski definition) is 8. The van der Waals surface area contributed by atoms with Crippen LogP contribution < -0.4 is 11.1 Å².